The van der Waals surface area contributed by atoms with Crippen LogP contribution in [0.4, 0.5) is 4.79 Å². The standard InChI is InChI=1S/C46H64O7Si3/c1-36-22-23-37(34-43(36)48-2)18-16-32-54(4,5)52-56(8,9)53-55(6,7)33-17-19-38-24-29-42(44(35-38)49-3)51-45(47)50-41-27-25-40(26-28-41)46(30-14-11-15-31-46)39-20-12-10-13-21-39/h10,12-13,20-29,34-35H,11,14-19,30-33H2,1-9H3. The molecular formula is C46H64O7Si3. The van der Waals surface area contributed by atoms with E-state index in [0.717, 1.165) is 67.5 Å². The zero-order valence-electron chi connectivity index (χ0n) is 35.3. The van der Waals surface area contributed by atoms with Crippen molar-refractivity contribution in [3.05, 3.63) is 119 Å². The number of hydrogen-bond acceptors (Lipinski definition) is 7. The topological polar surface area (TPSA) is 72.5 Å². The Morgan fingerprint density at radius 1 is 0.607 bits per heavy atom. The fourth-order valence-electron chi connectivity index (χ4n) is 8.57. The molecule has 0 spiro atoms. The van der Waals surface area contributed by atoms with Gasteiger partial charge < -0.3 is 27.2 Å². The second-order valence-corrected chi connectivity index (χ2v) is 29.6. The Bertz CT molecular complexity index is 1870. The quantitative estimate of drug-likeness (QED) is 0.0563. The molecular weight excluding hydrogens is 749 g/mol. The van der Waals surface area contributed by atoms with E-state index < -0.39 is 31.4 Å². The summed E-state index contributed by atoms with van der Waals surface area (Å²) in [7, 11) is -2.91. The zero-order valence-corrected chi connectivity index (χ0v) is 38.3. The summed E-state index contributed by atoms with van der Waals surface area (Å²) in [5.41, 5.74) is 6.18. The Balaban J connectivity index is 1.09. The molecule has 1 saturated carbocycles. The summed E-state index contributed by atoms with van der Waals surface area (Å²) in [6.07, 6.45) is 9.08. The fraction of sp³-hybridized carbons (Fsp3) is 0.457. The van der Waals surface area contributed by atoms with Gasteiger partial charge in [0.2, 0.25) is 0 Å². The van der Waals surface area contributed by atoms with E-state index in [1.165, 1.54) is 36.0 Å². The lowest BCUT2D eigenvalue weighted by Crippen LogP contribution is -2.52. The first kappa shape index (κ1) is 43.4. The second-order valence-electron chi connectivity index (χ2n) is 17.1. The van der Waals surface area contributed by atoms with Crippen LogP contribution in [0.5, 0.6) is 23.0 Å². The first-order valence-electron chi connectivity index (χ1n) is 20.4. The molecule has 4 aromatic carbocycles. The smallest absolute Gasteiger partial charge is 0.496 e. The Morgan fingerprint density at radius 2 is 1.14 bits per heavy atom. The number of hydrogen-bond donors (Lipinski definition) is 0. The molecule has 0 saturated heterocycles. The van der Waals surface area contributed by atoms with E-state index in [1.807, 2.05) is 24.3 Å². The molecule has 0 aromatic heterocycles. The van der Waals surface area contributed by atoms with Gasteiger partial charge >= 0.3 is 14.7 Å². The van der Waals surface area contributed by atoms with Crippen molar-refractivity contribution < 1.29 is 32.0 Å². The SMILES string of the molecule is COc1cc(CCC[Si](C)(C)O[Si](C)(C)O[Si](C)(C)CCCc2ccc(OC(=O)Oc3ccc(C4(c5ccccc5)CCCCC4)cc3)c(OC)c2)ccc1C. The molecule has 0 aliphatic heterocycles. The maximum Gasteiger partial charge on any atom is 0.519 e. The molecule has 0 amide bonds. The third-order valence-corrected chi connectivity index (χ3v) is 22.5. The summed E-state index contributed by atoms with van der Waals surface area (Å²) in [6, 6.07) is 33.0. The molecule has 0 radical (unpaired) electrons. The third kappa shape index (κ3) is 12.2. The minimum atomic E-state index is -2.33. The Hall–Kier alpha value is -3.68. The van der Waals surface area contributed by atoms with Crippen LogP contribution in [0.25, 0.3) is 0 Å². The van der Waals surface area contributed by atoms with E-state index >= 15 is 0 Å². The highest BCUT2D eigenvalue weighted by Crippen LogP contribution is 2.45. The van der Waals surface area contributed by atoms with E-state index in [1.54, 1.807) is 20.3 Å². The van der Waals surface area contributed by atoms with Gasteiger partial charge in [-0.05, 0) is 155 Å². The fourth-order valence-corrected chi connectivity index (χ4v) is 22.6. The highest BCUT2D eigenvalue weighted by Gasteiger charge is 2.39. The van der Waals surface area contributed by atoms with Gasteiger partial charge in [0.1, 0.15) is 11.5 Å². The summed E-state index contributed by atoms with van der Waals surface area (Å²) in [4.78, 5) is 12.9. The second kappa shape index (κ2) is 19.2. The van der Waals surface area contributed by atoms with Crippen LogP contribution < -0.4 is 18.9 Å². The molecule has 56 heavy (non-hydrogen) atoms. The molecule has 4 aromatic rings. The molecule has 1 aliphatic rings. The summed E-state index contributed by atoms with van der Waals surface area (Å²) in [5, 5.41) is 0. The number of ether oxygens (including phenoxy) is 4. The highest BCUT2D eigenvalue weighted by atomic mass is 28.5. The van der Waals surface area contributed by atoms with Crippen LogP contribution in [-0.2, 0) is 26.5 Å². The van der Waals surface area contributed by atoms with Crippen LogP contribution in [0.3, 0.4) is 0 Å². The van der Waals surface area contributed by atoms with Crippen molar-refractivity contribution in [2.45, 2.75) is 121 Å². The van der Waals surface area contributed by atoms with Gasteiger partial charge in [0.15, 0.2) is 28.1 Å². The van der Waals surface area contributed by atoms with Gasteiger partial charge in [0, 0.05) is 5.41 Å². The maximum atomic E-state index is 12.9. The lowest BCUT2D eigenvalue weighted by atomic mass is 9.65. The van der Waals surface area contributed by atoms with Crippen LogP contribution >= 0.6 is 0 Å². The highest BCUT2D eigenvalue weighted by molar-refractivity contribution is 6.87. The average Bonchev–Trinajstić information content (AvgIpc) is 3.15. The Kier molecular flexibility index (Phi) is 14.9. The monoisotopic (exact) mass is 812 g/mol. The number of carbonyl (C=O) groups is 1. The molecule has 1 aliphatic carbocycles. The molecule has 0 heterocycles. The number of methoxy groups -OCH3 is 2. The number of carbonyl (C=O) groups excluding carboxylic acids is 1. The Morgan fingerprint density at radius 3 is 1.71 bits per heavy atom. The largest absolute Gasteiger partial charge is 0.519 e. The third-order valence-electron chi connectivity index (χ3n) is 11.1. The minimum Gasteiger partial charge on any atom is -0.496 e. The summed E-state index contributed by atoms with van der Waals surface area (Å²) in [5.74, 6) is 2.23. The molecule has 10 heteroatoms. The van der Waals surface area contributed by atoms with Crippen molar-refractivity contribution in [2.24, 2.45) is 0 Å². The van der Waals surface area contributed by atoms with E-state index in [2.05, 4.69) is 107 Å². The van der Waals surface area contributed by atoms with Crippen molar-refractivity contribution in [1.29, 1.82) is 0 Å². The molecule has 0 unspecified atom stereocenters. The summed E-state index contributed by atoms with van der Waals surface area (Å²) < 4.78 is 36.2. The molecule has 0 N–H and O–H groups in total. The van der Waals surface area contributed by atoms with Crippen molar-refractivity contribution in [2.75, 3.05) is 14.2 Å². The van der Waals surface area contributed by atoms with E-state index in [9.17, 15) is 4.79 Å². The molecule has 0 atom stereocenters. The number of benzene rings is 4. The van der Waals surface area contributed by atoms with Gasteiger partial charge in [-0.1, -0.05) is 79.9 Å². The van der Waals surface area contributed by atoms with E-state index in [0.29, 0.717) is 17.2 Å². The van der Waals surface area contributed by atoms with Crippen LogP contribution in [0.1, 0.15) is 72.8 Å². The normalized spacial score (nSPS) is 14.6. The maximum absolute atomic E-state index is 12.9. The van der Waals surface area contributed by atoms with Gasteiger partial charge in [-0.3, -0.25) is 0 Å². The van der Waals surface area contributed by atoms with Crippen LogP contribution in [-0.4, -0.2) is 45.6 Å². The zero-order chi connectivity index (χ0) is 40.4. The molecule has 1 fully saturated rings. The predicted molar refractivity (Wildman–Crippen MR) is 235 cm³/mol. The number of rotatable bonds is 18. The van der Waals surface area contributed by atoms with Crippen molar-refractivity contribution in [3.63, 3.8) is 0 Å². The first-order chi connectivity index (χ1) is 26.6. The van der Waals surface area contributed by atoms with Gasteiger partial charge in [0.05, 0.1) is 14.2 Å². The molecule has 5 rings (SSSR count). The lowest BCUT2D eigenvalue weighted by Gasteiger charge is -2.39. The van der Waals surface area contributed by atoms with E-state index in [-0.39, 0.29) is 5.41 Å². The molecule has 0 bridgehead atoms. The Labute approximate surface area is 339 Å². The van der Waals surface area contributed by atoms with E-state index in [4.69, 9.17) is 27.2 Å². The van der Waals surface area contributed by atoms with Crippen molar-refractivity contribution in [1.82, 2.24) is 0 Å². The minimum absolute atomic E-state index is 0.0113. The average molecular weight is 813 g/mol. The summed E-state index contributed by atoms with van der Waals surface area (Å²) >= 11 is 0. The van der Waals surface area contributed by atoms with Crippen LogP contribution in [0, 0.1) is 6.92 Å². The van der Waals surface area contributed by atoms with Gasteiger partial charge in [-0.15, -0.1) is 0 Å². The number of aryl methyl sites for hydroxylation is 3. The van der Waals surface area contributed by atoms with Gasteiger partial charge in [-0.2, -0.15) is 0 Å². The van der Waals surface area contributed by atoms with Crippen LogP contribution in [0.2, 0.25) is 51.4 Å². The van der Waals surface area contributed by atoms with Gasteiger partial charge in [-0.25, -0.2) is 4.79 Å². The first-order valence-corrected chi connectivity index (χ1v) is 29.4. The lowest BCUT2D eigenvalue weighted by molar-refractivity contribution is 0.150. The molecule has 7 nitrogen and oxygen atoms in total. The van der Waals surface area contributed by atoms with Gasteiger partial charge in [0.25, 0.3) is 0 Å². The van der Waals surface area contributed by atoms with Crippen LogP contribution in [0.15, 0.2) is 91.0 Å². The predicted octanol–water partition coefficient (Wildman–Crippen LogP) is 12.6. The summed E-state index contributed by atoms with van der Waals surface area (Å²) in [6.45, 7) is 15.8. The van der Waals surface area contributed by atoms with Crippen molar-refractivity contribution in [3.8, 4) is 23.0 Å². The molecule has 302 valence electrons. The van der Waals surface area contributed by atoms with Crippen molar-refractivity contribution >= 4 is 31.4 Å².